The van der Waals surface area contributed by atoms with Crippen LogP contribution in [0.1, 0.15) is 0 Å². The first-order valence-electron chi connectivity index (χ1n) is 14.7. The van der Waals surface area contributed by atoms with E-state index in [0.29, 0.717) is 0 Å². The van der Waals surface area contributed by atoms with E-state index in [0.717, 1.165) is 28.4 Å². The first-order valence-corrected chi connectivity index (χ1v) is 14.7. The van der Waals surface area contributed by atoms with Gasteiger partial charge in [-0.2, -0.15) is 0 Å². The average Bonchev–Trinajstić information content (AvgIpc) is 3.10. The quantitative estimate of drug-likeness (QED) is 0.194. The molecule has 2 heteroatoms. The van der Waals surface area contributed by atoms with Crippen LogP contribution in [0.4, 0.5) is 28.4 Å². The molecule has 0 fully saturated rings. The maximum atomic E-state index is 2.36. The van der Waals surface area contributed by atoms with E-state index in [4.69, 9.17) is 0 Å². The Hall–Kier alpha value is -5.60. The molecular weight excluding hydrogens is 520 g/mol. The van der Waals surface area contributed by atoms with Crippen LogP contribution in [0.3, 0.4) is 0 Å². The summed E-state index contributed by atoms with van der Waals surface area (Å²) in [5, 5.41) is 2.44. The molecule has 7 rings (SSSR count). The number of fused-ring (bicyclic) bond motifs is 1. The van der Waals surface area contributed by atoms with E-state index in [9.17, 15) is 0 Å². The molecule has 0 spiro atoms. The number of rotatable bonds is 7. The second-order valence-electron chi connectivity index (χ2n) is 10.7. The van der Waals surface area contributed by atoms with Crippen LogP contribution in [0.15, 0.2) is 176 Å². The lowest BCUT2D eigenvalue weighted by Gasteiger charge is -2.28. The molecule has 7 aromatic rings. The van der Waals surface area contributed by atoms with Crippen molar-refractivity contribution >= 4 is 39.2 Å². The van der Waals surface area contributed by atoms with Gasteiger partial charge in [-0.25, -0.2) is 0 Å². The molecule has 0 aliphatic rings. The van der Waals surface area contributed by atoms with Gasteiger partial charge >= 0.3 is 0 Å². The van der Waals surface area contributed by atoms with Gasteiger partial charge in [-0.05, 0) is 82.2 Å². The number of hydrogen-bond acceptors (Lipinski definition) is 2. The number of benzene rings is 7. The Morgan fingerprint density at radius 3 is 1.53 bits per heavy atom. The van der Waals surface area contributed by atoms with E-state index < -0.39 is 0 Å². The molecule has 0 radical (unpaired) electrons. The lowest BCUT2D eigenvalue weighted by Crippen LogP contribution is -2.12. The summed E-state index contributed by atoms with van der Waals surface area (Å²) in [7, 11) is 2.13. The zero-order valence-electron chi connectivity index (χ0n) is 24.1. The molecule has 0 unspecified atom stereocenters. The summed E-state index contributed by atoms with van der Waals surface area (Å²) >= 11 is 0. The molecule has 0 aliphatic carbocycles. The molecule has 2 nitrogen and oxygen atoms in total. The van der Waals surface area contributed by atoms with Crippen molar-refractivity contribution in [1.29, 1.82) is 0 Å². The van der Waals surface area contributed by atoms with Crippen molar-refractivity contribution in [2.75, 3.05) is 16.8 Å². The fourth-order valence-electron chi connectivity index (χ4n) is 5.76. The highest BCUT2D eigenvalue weighted by atomic mass is 15.1. The third-order valence-electron chi connectivity index (χ3n) is 8.08. The molecule has 0 aliphatic heterocycles. The van der Waals surface area contributed by atoms with Crippen molar-refractivity contribution in [3.8, 4) is 22.3 Å². The molecule has 0 amide bonds. The van der Waals surface area contributed by atoms with Crippen molar-refractivity contribution in [2.24, 2.45) is 0 Å². The normalized spacial score (nSPS) is 10.9. The van der Waals surface area contributed by atoms with Gasteiger partial charge < -0.3 is 9.80 Å². The Morgan fingerprint density at radius 1 is 0.349 bits per heavy atom. The second kappa shape index (κ2) is 11.7. The van der Waals surface area contributed by atoms with E-state index in [-0.39, 0.29) is 0 Å². The van der Waals surface area contributed by atoms with Gasteiger partial charge in [0, 0.05) is 35.2 Å². The lowest BCUT2D eigenvalue weighted by molar-refractivity contribution is 1.20. The molecule has 0 aromatic heterocycles. The van der Waals surface area contributed by atoms with Crippen molar-refractivity contribution in [2.45, 2.75) is 0 Å². The summed E-state index contributed by atoms with van der Waals surface area (Å²) < 4.78 is 0. The first-order chi connectivity index (χ1) is 21.2. The van der Waals surface area contributed by atoms with Gasteiger partial charge in [0.15, 0.2) is 0 Å². The first kappa shape index (κ1) is 26.3. The van der Waals surface area contributed by atoms with Crippen molar-refractivity contribution in [1.82, 2.24) is 0 Å². The molecular formula is C41H32N2. The van der Waals surface area contributed by atoms with Crippen LogP contribution in [0, 0.1) is 0 Å². The predicted octanol–water partition coefficient (Wildman–Crippen LogP) is 11.4. The van der Waals surface area contributed by atoms with Crippen LogP contribution in [0.2, 0.25) is 0 Å². The van der Waals surface area contributed by atoms with Gasteiger partial charge in [-0.1, -0.05) is 121 Å². The van der Waals surface area contributed by atoms with Gasteiger partial charge in [0.25, 0.3) is 0 Å². The van der Waals surface area contributed by atoms with Gasteiger partial charge in [0.2, 0.25) is 0 Å². The Labute approximate surface area is 253 Å². The Bertz CT molecular complexity index is 1960. The summed E-state index contributed by atoms with van der Waals surface area (Å²) in [4.78, 5) is 4.60. The third kappa shape index (κ3) is 5.39. The van der Waals surface area contributed by atoms with Crippen LogP contribution in [-0.4, -0.2) is 7.05 Å². The van der Waals surface area contributed by atoms with E-state index in [1.54, 1.807) is 0 Å². The van der Waals surface area contributed by atoms with E-state index in [2.05, 4.69) is 193 Å². The van der Waals surface area contributed by atoms with Gasteiger partial charge in [-0.15, -0.1) is 0 Å². The molecule has 0 saturated carbocycles. The van der Waals surface area contributed by atoms with Crippen LogP contribution in [0.25, 0.3) is 33.0 Å². The Balaban J connectivity index is 1.26. The maximum absolute atomic E-state index is 2.36. The monoisotopic (exact) mass is 552 g/mol. The average molecular weight is 553 g/mol. The molecule has 0 atom stereocenters. The van der Waals surface area contributed by atoms with Crippen LogP contribution in [0.5, 0.6) is 0 Å². The second-order valence-corrected chi connectivity index (χ2v) is 10.7. The van der Waals surface area contributed by atoms with Gasteiger partial charge in [-0.3, -0.25) is 0 Å². The summed E-state index contributed by atoms with van der Waals surface area (Å²) in [6, 6.07) is 62.6. The zero-order valence-corrected chi connectivity index (χ0v) is 24.1. The van der Waals surface area contributed by atoms with E-state index in [1.807, 2.05) is 0 Å². The standard InChI is InChI=1S/C41H32N2/c1-42(39-19-10-18-35(30-39)32-14-6-3-7-15-32)36-26-28-38(29-27-36)43(41-21-11-17-34-16-8-9-20-40(34)41)37-24-22-33(23-25-37)31-12-4-2-5-13-31/h2-30H,1H3. The van der Waals surface area contributed by atoms with Gasteiger partial charge in [0.1, 0.15) is 0 Å². The van der Waals surface area contributed by atoms with Crippen LogP contribution >= 0.6 is 0 Å². The molecule has 0 saturated heterocycles. The highest BCUT2D eigenvalue weighted by Gasteiger charge is 2.16. The van der Waals surface area contributed by atoms with Crippen LogP contribution < -0.4 is 9.80 Å². The third-order valence-corrected chi connectivity index (χ3v) is 8.08. The van der Waals surface area contributed by atoms with Crippen molar-refractivity contribution in [3.63, 3.8) is 0 Å². The summed E-state index contributed by atoms with van der Waals surface area (Å²) in [5.41, 5.74) is 10.5. The Kier molecular flexibility index (Phi) is 7.17. The van der Waals surface area contributed by atoms with E-state index >= 15 is 0 Å². The minimum Gasteiger partial charge on any atom is -0.345 e. The minimum atomic E-state index is 1.11. The highest BCUT2D eigenvalue weighted by Crippen LogP contribution is 2.40. The number of anilines is 5. The van der Waals surface area contributed by atoms with Crippen molar-refractivity contribution < 1.29 is 0 Å². The fraction of sp³-hybridized carbons (Fsp3) is 0.0244. The van der Waals surface area contributed by atoms with Crippen molar-refractivity contribution in [3.05, 3.63) is 176 Å². The summed E-state index contributed by atoms with van der Waals surface area (Å²) in [6.07, 6.45) is 0. The topological polar surface area (TPSA) is 6.48 Å². The maximum Gasteiger partial charge on any atom is 0.0540 e. The largest absolute Gasteiger partial charge is 0.345 e. The van der Waals surface area contributed by atoms with Gasteiger partial charge in [0.05, 0.1) is 5.69 Å². The molecule has 206 valence electrons. The smallest absolute Gasteiger partial charge is 0.0540 e. The molecule has 0 heterocycles. The zero-order chi connectivity index (χ0) is 29.0. The minimum absolute atomic E-state index is 1.11. The number of hydrogen-bond donors (Lipinski definition) is 0. The fourth-order valence-corrected chi connectivity index (χ4v) is 5.76. The molecule has 0 bridgehead atoms. The molecule has 43 heavy (non-hydrogen) atoms. The van der Waals surface area contributed by atoms with E-state index in [1.165, 1.54) is 33.0 Å². The lowest BCUT2D eigenvalue weighted by atomic mass is 10.0. The summed E-state index contributed by atoms with van der Waals surface area (Å²) in [5.74, 6) is 0. The molecule has 0 N–H and O–H groups in total. The SMILES string of the molecule is CN(c1ccc(N(c2ccc(-c3ccccc3)cc2)c2cccc3ccccc23)cc1)c1cccc(-c2ccccc2)c1. The van der Waals surface area contributed by atoms with Crippen LogP contribution in [-0.2, 0) is 0 Å². The summed E-state index contributed by atoms with van der Waals surface area (Å²) in [6.45, 7) is 0. The number of nitrogens with zero attached hydrogens (tertiary/aromatic N) is 2. The predicted molar refractivity (Wildman–Crippen MR) is 184 cm³/mol. The Morgan fingerprint density at radius 2 is 0.837 bits per heavy atom. The molecule has 7 aromatic carbocycles. The highest BCUT2D eigenvalue weighted by molar-refractivity contribution is 5.99.